The molecule has 0 spiro atoms. The molecule has 0 atom stereocenters. The highest BCUT2D eigenvalue weighted by Gasteiger charge is 2.24. The predicted molar refractivity (Wildman–Crippen MR) is 66.8 cm³/mol. The average molecular weight is 253 g/mol. The Labute approximate surface area is 106 Å². The van der Waals surface area contributed by atoms with Crippen LogP contribution in [-0.2, 0) is 15.9 Å². The maximum Gasteiger partial charge on any atom is 0.355 e. The molecule has 0 aromatic carbocycles. The van der Waals surface area contributed by atoms with E-state index >= 15 is 0 Å². The van der Waals surface area contributed by atoms with Gasteiger partial charge in [-0.2, -0.15) is 0 Å². The maximum absolute atomic E-state index is 11.8. The average Bonchev–Trinajstić information content (AvgIpc) is 2.72. The number of aryl methyl sites for hydroxylation is 1. The van der Waals surface area contributed by atoms with Gasteiger partial charge in [-0.1, -0.05) is 13.8 Å². The van der Waals surface area contributed by atoms with Gasteiger partial charge in [0, 0.05) is 5.69 Å². The topological polar surface area (TPSA) is 68.4 Å². The van der Waals surface area contributed by atoms with Gasteiger partial charge in [-0.15, -0.1) is 0 Å². The second-order valence-electron chi connectivity index (χ2n) is 3.96. The third-order valence-corrected chi connectivity index (χ3v) is 2.71. The van der Waals surface area contributed by atoms with Crippen molar-refractivity contribution in [2.24, 2.45) is 0 Å². The third kappa shape index (κ3) is 2.72. The molecule has 5 heteroatoms. The highest BCUT2D eigenvalue weighted by Crippen LogP contribution is 2.20. The van der Waals surface area contributed by atoms with Gasteiger partial charge in [-0.25, -0.2) is 9.59 Å². The zero-order valence-electron chi connectivity index (χ0n) is 11.3. The van der Waals surface area contributed by atoms with Crippen LogP contribution in [0, 0.1) is 6.92 Å². The van der Waals surface area contributed by atoms with Crippen molar-refractivity contribution < 1.29 is 19.1 Å². The number of rotatable bonds is 5. The predicted octanol–water partition coefficient (Wildman–Crippen LogP) is 2.24. The van der Waals surface area contributed by atoms with Gasteiger partial charge in [-0.3, -0.25) is 0 Å². The van der Waals surface area contributed by atoms with E-state index < -0.39 is 11.9 Å². The molecule has 100 valence electrons. The Balaban J connectivity index is 3.12. The molecule has 0 radical (unpaired) electrons. The van der Waals surface area contributed by atoms with Crippen LogP contribution in [0.25, 0.3) is 0 Å². The van der Waals surface area contributed by atoms with Crippen LogP contribution in [0.2, 0.25) is 0 Å². The van der Waals surface area contributed by atoms with Crippen molar-refractivity contribution >= 4 is 11.9 Å². The molecule has 0 bridgehead atoms. The van der Waals surface area contributed by atoms with Gasteiger partial charge in [-0.05, 0) is 25.3 Å². The molecule has 1 N–H and O–H groups in total. The van der Waals surface area contributed by atoms with E-state index in [9.17, 15) is 9.59 Å². The van der Waals surface area contributed by atoms with Crippen molar-refractivity contribution in [2.45, 2.75) is 33.6 Å². The van der Waals surface area contributed by atoms with E-state index in [4.69, 9.17) is 9.47 Å². The number of carbonyl (C=O) groups is 2. The van der Waals surface area contributed by atoms with Crippen LogP contribution < -0.4 is 0 Å². The molecule has 0 saturated heterocycles. The lowest BCUT2D eigenvalue weighted by molar-refractivity contribution is 0.0498. The molecule has 1 rings (SSSR count). The summed E-state index contributed by atoms with van der Waals surface area (Å²) in [6.45, 7) is 5.90. The van der Waals surface area contributed by atoms with Crippen molar-refractivity contribution in [3.63, 3.8) is 0 Å². The van der Waals surface area contributed by atoms with Gasteiger partial charge >= 0.3 is 11.9 Å². The maximum atomic E-state index is 11.8. The Kier molecular flexibility index (Phi) is 4.95. The fourth-order valence-corrected chi connectivity index (χ4v) is 1.77. The van der Waals surface area contributed by atoms with Crippen LogP contribution in [0.1, 0.15) is 52.4 Å². The van der Waals surface area contributed by atoms with E-state index in [2.05, 4.69) is 4.98 Å². The first-order valence-electron chi connectivity index (χ1n) is 6.03. The Morgan fingerprint density at radius 2 is 1.89 bits per heavy atom. The molecule has 1 aromatic rings. The summed E-state index contributed by atoms with van der Waals surface area (Å²) in [4.78, 5) is 26.4. The molecule has 1 heterocycles. The van der Waals surface area contributed by atoms with Crippen LogP contribution in [0.15, 0.2) is 0 Å². The lowest BCUT2D eigenvalue weighted by Gasteiger charge is -2.02. The number of aromatic amines is 1. The molecule has 5 nitrogen and oxygen atoms in total. The summed E-state index contributed by atoms with van der Waals surface area (Å²) in [5.74, 6) is -0.866. The van der Waals surface area contributed by atoms with E-state index in [1.165, 1.54) is 7.11 Å². The standard InChI is InChI=1S/C13H19NO4/c1-5-7-18-13(16)11-8(3)10(12(15)17-4)9(6-2)14-11/h14H,5-7H2,1-4H3. The Morgan fingerprint density at radius 1 is 1.22 bits per heavy atom. The number of aromatic nitrogens is 1. The Bertz CT molecular complexity index is 448. The molecule has 0 unspecified atom stereocenters. The summed E-state index contributed by atoms with van der Waals surface area (Å²) in [6.07, 6.45) is 1.38. The smallest absolute Gasteiger partial charge is 0.355 e. The van der Waals surface area contributed by atoms with Gasteiger partial charge in [0.2, 0.25) is 0 Å². The fraction of sp³-hybridized carbons (Fsp3) is 0.538. The molecule has 0 aliphatic heterocycles. The van der Waals surface area contributed by atoms with Gasteiger partial charge in [0.05, 0.1) is 19.3 Å². The molecule has 0 amide bonds. The Hall–Kier alpha value is -1.78. The highest BCUT2D eigenvalue weighted by atomic mass is 16.5. The lowest BCUT2D eigenvalue weighted by Crippen LogP contribution is -2.09. The van der Waals surface area contributed by atoms with Gasteiger partial charge in [0.1, 0.15) is 5.69 Å². The highest BCUT2D eigenvalue weighted by molar-refractivity contribution is 5.98. The van der Waals surface area contributed by atoms with Crippen molar-refractivity contribution in [1.82, 2.24) is 4.98 Å². The van der Waals surface area contributed by atoms with Crippen LogP contribution in [0.4, 0.5) is 0 Å². The summed E-state index contributed by atoms with van der Waals surface area (Å²) in [5.41, 5.74) is 2.05. The number of carbonyl (C=O) groups excluding carboxylic acids is 2. The van der Waals surface area contributed by atoms with E-state index in [1.54, 1.807) is 6.92 Å². The second kappa shape index (κ2) is 6.23. The minimum Gasteiger partial charge on any atom is -0.465 e. The van der Waals surface area contributed by atoms with Crippen molar-refractivity contribution in [2.75, 3.05) is 13.7 Å². The summed E-state index contributed by atoms with van der Waals surface area (Å²) < 4.78 is 9.78. The summed E-state index contributed by atoms with van der Waals surface area (Å²) in [6, 6.07) is 0. The van der Waals surface area contributed by atoms with Crippen molar-refractivity contribution in [3.8, 4) is 0 Å². The monoisotopic (exact) mass is 253 g/mol. The van der Waals surface area contributed by atoms with E-state index in [0.29, 0.717) is 35.5 Å². The normalized spacial score (nSPS) is 10.2. The largest absolute Gasteiger partial charge is 0.465 e. The third-order valence-electron chi connectivity index (χ3n) is 2.71. The number of esters is 2. The first kappa shape index (κ1) is 14.3. The van der Waals surface area contributed by atoms with Gasteiger partial charge in [0.15, 0.2) is 0 Å². The number of hydrogen-bond donors (Lipinski definition) is 1. The summed E-state index contributed by atoms with van der Waals surface area (Å²) in [7, 11) is 1.32. The molecular weight excluding hydrogens is 234 g/mol. The quantitative estimate of drug-likeness (QED) is 0.817. The molecule has 1 aromatic heterocycles. The lowest BCUT2D eigenvalue weighted by atomic mass is 10.1. The number of methoxy groups -OCH3 is 1. The van der Waals surface area contributed by atoms with Crippen LogP contribution in [0.5, 0.6) is 0 Å². The fourth-order valence-electron chi connectivity index (χ4n) is 1.77. The number of ether oxygens (including phenoxy) is 2. The second-order valence-corrected chi connectivity index (χ2v) is 3.96. The molecule has 18 heavy (non-hydrogen) atoms. The summed E-state index contributed by atoms with van der Waals surface area (Å²) in [5, 5.41) is 0. The van der Waals surface area contributed by atoms with E-state index in [-0.39, 0.29) is 0 Å². The number of H-pyrrole nitrogens is 1. The van der Waals surface area contributed by atoms with Crippen LogP contribution >= 0.6 is 0 Å². The minimum absolute atomic E-state index is 0.334. The Morgan fingerprint density at radius 3 is 2.39 bits per heavy atom. The first-order valence-corrected chi connectivity index (χ1v) is 6.03. The van der Waals surface area contributed by atoms with E-state index in [0.717, 1.165) is 6.42 Å². The first-order chi connectivity index (χ1) is 8.56. The SMILES string of the molecule is CCCOC(=O)c1[nH]c(CC)c(C(=O)OC)c1C. The molecular formula is C13H19NO4. The zero-order chi connectivity index (χ0) is 13.7. The number of hydrogen-bond acceptors (Lipinski definition) is 4. The minimum atomic E-state index is -0.435. The molecule has 0 aliphatic carbocycles. The van der Waals surface area contributed by atoms with Gasteiger partial charge in [0.25, 0.3) is 0 Å². The van der Waals surface area contributed by atoms with Crippen LogP contribution in [0.3, 0.4) is 0 Å². The molecule has 0 aliphatic rings. The van der Waals surface area contributed by atoms with Gasteiger partial charge < -0.3 is 14.5 Å². The molecule has 0 saturated carbocycles. The van der Waals surface area contributed by atoms with E-state index in [1.807, 2.05) is 13.8 Å². The van der Waals surface area contributed by atoms with Crippen molar-refractivity contribution in [1.29, 1.82) is 0 Å². The van der Waals surface area contributed by atoms with Crippen molar-refractivity contribution in [3.05, 3.63) is 22.5 Å². The summed E-state index contributed by atoms with van der Waals surface area (Å²) >= 11 is 0. The molecule has 0 fully saturated rings. The zero-order valence-corrected chi connectivity index (χ0v) is 11.3. The number of nitrogens with one attached hydrogen (secondary N) is 1. The van der Waals surface area contributed by atoms with Crippen LogP contribution in [-0.4, -0.2) is 30.6 Å².